The van der Waals surface area contributed by atoms with E-state index in [-0.39, 0.29) is 26.7 Å². The normalized spacial score (nSPS) is 17.5. The van der Waals surface area contributed by atoms with Crippen molar-refractivity contribution in [3.63, 3.8) is 0 Å². The Morgan fingerprint density at radius 2 is 2.00 bits per heavy atom. The Bertz CT molecular complexity index is 1350. The summed E-state index contributed by atoms with van der Waals surface area (Å²) in [6, 6.07) is 9.53. The molecule has 0 bridgehead atoms. The van der Waals surface area contributed by atoms with Gasteiger partial charge in [0.1, 0.15) is 5.75 Å². The van der Waals surface area contributed by atoms with Gasteiger partial charge in [-0.3, -0.25) is 10.2 Å². The summed E-state index contributed by atoms with van der Waals surface area (Å²) >= 11 is 0.786. The first kappa shape index (κ1) is 22.0. The third-order valence-electron chi connectivity index (χ3n) is 5.16. The highest BCUT2D eigenvalue weighted by Gasteiger charge is 2.39. The van der Waals surface area contributed by atoms with Crippen LogP contribution in [0.4, 0.5) is 0 Å². The molecule has 9 nitrogen and oxygen atoms in total. The number of hydrogen-bond acceptors (Lipinski definition) is 7. The molecule has 0 radical (unpaired) electrons. The summed E-state index contributed by atoms with van der Waals surface area (Å²) in [6.07, 6.45) is 1.59. The van der Waals surface area contributed by atoms with Crippen LogP contribution in [0.2, 0.25) is 0 Å². The van der Waals surface area contributed by atoms with Crippen molar-refractivity contribution in [3.8, 4) is 11.4 Å². The average Bonchev–Trinajstić information content (AvgIpc) is 3.32. The molecule has 1 aromatic heterocycles. The van der Waals surface area contributed by atoms with Crippen LogP contribution in [-0.2, 0) is 14.6 Å². The number of aryl methyl sites for hydroxylation is 1. The number of amidine groups is 2. The first-order chi connectivity index (χ1) is 15.2. The standard InChI is InChI=1S/C21H21N5O4S2/c1-5-32(28,29)21-24-26-18(22)17(19(27)23-20(26)31-21)10-14-9-12(2)25(13(14)3)15-7-6-8-16(11-15)30-4/h6-11,22H,5H2,1-4H3/b17-10+,22-18?. The van der Waals surface area contributed by atoms with Crippen LogP contribution in [0.15, 0.2) is 46.0 Å². The van der Waals surface area contributed by atoms with E-state index in [4.69, 9.17) is 10.1 Å². The number of carbonyl (C=O) groups is 1. The number of hydrogen-bond donors (Lipinski definition) is 1. The Kier molecular flexibility index (Phi) is 5.55. The van der Waals surface area contributed by atoms with E-state index >= 15 is 0 Å². The molecule has 1 N–H and O–H groups in total. The van der Waals surface area contributed by atoms with Gasteiger partial charge in [0.15, 0.2) is 5.84 Å². The molecule has 0 unspecified atom stereocenters. The highest BCUT2D eigenvalue weighted by molar-refractivity contribution is 8.42. The molecular formula is C21H21N5O4S2. The number of aromatic nitrogens is 1. The fraction of sp³-hybridized carbons (Fsp3) is 0.238. The molecule has 0 aliphatic carbocycles. The van der Waals surface area contributed by atoms with E-state index in [1.165, 1.54) is 6.92 Å². The van der Waals surface area contributed by atoms with Crippen molar-refractivity contribution in [2.75, 3.05) is 12.9 Å². The predicted octanol–water partition coefficient (Wildman–Crippen LogP) is 3.11. The molecule has 2 aliphatic heterocycles. The zero-order chi connectivity index (χ0) is 23.2. The predicted molar refractivity (Wildman–Crippen MR) is 126 cm³/mol. The number of thioether (sulfide) groups is 1. The smallest absolute Gasteiger partial charge is 0.283 e. The number of nitrogens with one attached hydrogen (secondary N) is 1. The minimum Gasteiger partial charge on any atom is -0.497 e. The molecule has 11 heteroatoms. The van der Waals surface area contributed by atoms with E-state index in [0.717, 1.165) is 45.2 Å². The third kappa shape index (κ3) is 3.67. The number of rotatable bonds is 4. The summed E-state index contributed by atoms with van der Waals surface area (Å²) < 4.78 is 31.5. The van der Waals surface area contributed by atoms with Crippen molar-refractivity contribution in [1.29, 1.82) is 5.41 Å². The van der Waals surface area contributed by atoms with Crippen molar-refractivity contribution in [1.82, 2.24) is 9.58 Å². The molecule has 0 fully saturated rings. The molecule has 2 aromatic rings. The second-order valence-electron chi connectivity index (χ2n) is 7.15. The molecular weight excluding hydrogens is 450 g/mol. The van der Waals surface area contributed by atoms with E-state index in [0.29, 0.717) is 0 Å². The topological polar surface area (TPSA) is 117 Å². The van der Waals surface area contributed by atoms with Gasteiger partial charge < -0.3 is 9.30 Å². The summed E-state index contributed by atoms with van der Waals surface area (Å²) in [7, 11) is -1.96. The monoisotopic (exact) mass is 471 g/mol. The van der Waals surface area contributed by atoms with Gasteiger partial charge in [-0.25, -0.2) is 8.42 Å². The summed E-state index contributed by atoms with van der Waals surface area (Å²) in [5.74, 6) is -0.214. The van der Waals surface area contributed by atoms with Crippen molar-refractivity contribution >= 4 is 49.0 Å². The van der Waals surface area contributed by atoms with E-state index < -0.39 is 15.7 Å². The molecule has 166 valence electrons. The number of ether oxygens (including phenoxy) is 1. The lowest BCUT2D eigenvalue weighted by Gasteiger charge is -2.20. The van der Waals surface area contributed by atoms with Gasteiger partial charge in [-0.2, -0.15) is 10.0 Å². The summed E-state index contributed by atoms with van der Waals surface area (Å²) in [6.45, 7) is 5.37. The van der Waals surface area contributed by atoms with E-state index in [1.807, 2.05) is 48.7 Å². The van der Waals surface area contributed by atoms with Gasteiger partial charge in [-0.15, -0.1) is 5.10 Å². The number of nitrogens with zero attached hydrogens (tertiary/aromatic N) is 4. The number of sulfone groups is 1. The van der Waals surface area contributed by atoms with Crippen LogP contribution in [0.5, 0.6) is 5.75 Å². The van der Waals surface area contributed by atoms with Gasteiger partial charge in [0.2, 0.25) is 19.4 Å². The number of amides is 1. The molecule has 4 rings (SSSR count). The zero-order valence-corrected chi connectivity index (χ0v) is 19.5. The first-order valence-electron chi connectivity index (χ1n) is 9.72. The number of carbonyl (C=O) groups excluding carboxylic acids is 1. The highest BCUT2D eigenvalue weighted by atomic mass is 32.3. The third-order valence-corrected chi connectivity index (χ3v) is 8.25. The Labute approximate surface area is 189 Å². The van der Waals surface area contributed by atoms with Gasteiger partial charge in [-0.05, 0) is 55.4 Å². The van der Waals surface area contributed by atoms with Gasteiger partial charge in [-0.1, -0.05) is 13.0 Å². The fourth-order valence-electron chi connectivity index (χ4n) is 3.46. The van der Waals surface area contributed by atoms with Crippen LogP contribution in [0.25, 0.3) is 11.8 Å². The lowest BCUT2D eigenvalue weighted by Crippen LogP contribution is -2.35. The maximum Gasteiger partial charge on any atom is 0.283 e. The minimum atomic E-state index is -3.57. The first-order valence-corrected chi connectivity index (χ1v) is 12.2. The van der Waals surface area contributed by atoms with Crippen molar-refractivity contribution in [3.05, 3.63) is 52.9 Å². The number of hydrazone groups is 1. The summed E-state index contributed by atoms with van der Waals surface area (Å²) in [4.78, 5) is 16.6. The summed E-state index contributed by atoms with van der Waals surface area (Å²) in [5.41, 5.74) is 3.50. The second-order valence-corrected chi connectivity index (χ2v) is 10.6. The molecule has 0 spiro atoms. The Morgan fingerprint density at radius 3 is 2.69 bits per heavy atom. The Balaban J connectivity index is 1.74. The van der Waals surface area contributed by atoms with E-state index in [1.54, 1.807) is 13.2 Å². The number of benzene rings is 1. The van der Waals surface area contributed by atoms with E-state index in [9.17, 15) is 13.2 Å². The Hall–Kier alpha value is -3.18. The average molecular weight is 472 g/mol. The van der Waals surface area contributed by atoms with E-state index in [2.05, 4.69) is 10.1 Å². The lowest BCUT2D eigenvalue weighted by molar-refractivity contribution is -0.114. The van der Waals surface area contributed by atoms with Crippen molar-refractivity contribution in [2.45, 2.75) is 20.8 Å². The van der Waals surface area contributed by atoms with Crippen LogP contribution >= 0.6 is 11.8 Å². The Morgan fingerprint density at radius 1 is 1.25 bits per heavy atom. The molecule has 2 aliphatic rings. The largest absolute Gasteiger partial charge is 0.497 e. The number of fused-ring (bicyclic) bond motifs is 1. The number of methoxy groups -OCH3 is 1. The molecule has 0 atom stereocenters. The van der Waals surface area contributed by atoms with Crippen molar-refractivity contribution < 1.29 is 17.9 Å². The van der Waals surface area contributed by atoms with Crippen LogP contribution < -0.4 is 4.74 Å². The molecule has 0 saturated heterocycles. The number of aliphatic imine (C=N–C) groups is 1. The molecule has 1 aromatic carbocycles. The maximum absolute atomic E-state index is 12.7. The van der Waals surface area contributed by atoms with Crippen molar-refractivity contribution in [2.24, 2.45) is 10.1 Å². The summed E-state index contributed by atoms with van der Waals surface area (Å²) in [5, 5.41) is 13.7. The van der Waals surface area contributed by atoms with Crippen LogP contribution in [0.3, 0.4) is 0 Å². The van der Waals surface area contributed by atoms with Crippen LogP contribution in [0, 0.1) is 19.3 Å². The highest BCUT2D eigenvalue weighted by Crippen LogP contribution is 2.31. The van der Waals surface area contributed by atoms with Gasteiger partial charge in [0.25, 0.3) is 5.91 Å². The SMILES string of the molecule is CCS(=O)(=O)C1=NN2C(=N)/C(=C\c3cc(C)n(-c4cccc(OC)c4)c3C)C(=O)N=C2S1. The molecule has 0 saturated carbocycles. The van der Waals surface area contributed by atoms with Gasteiger partial charge in [0, 0.05) is 23.1 Å². The van der Waals surface area contributed by atoms with Gasteiger partial charge >= 0.3 is 0 Å². The quantitative estimate of drug-likeness (QED) is 0.685. The minimum absolute atomic E-state index is 0.0409. The lowest BCUT2D eigenvalue weighted by atomic mass is 10.1. The molecule has 1 amide bonds. The van der Waals surface area contributed by atoms with Crippen LogP contribution in [-0.4, -0.2) is 52.1 Å². The second kappa shape index (κ2) is 8.06. The molecule has 3 heterocycles. The maximum atomic E-state index is 12.7. The van der Waals surface area contributed by atoms with Gasteiger partial charge in [0.05, 0.1) is 18.4 Å². The zero-order valence-electron chi connectivity index (χ0n) is 17.9. The molecule has 32 heavy (non-hydrogen) atoms. The van der Waals surface area contributed by atoms with Crippen LogP contribution in [0.1, 0.15) is 23.9 Å². The fourth-order valence-corrected chi connectivity index (χ4v) is 5.62.